The van der Waals surface area contributed by atoms with E-state index in [1.54, 1.807) is 23.0 Å². The Morgan fingerprint density at radius 1 is 1.29 bits per heavy atom. The molecule has 7 nitrogen and oxygen atoms in total. The highest BCUT2D eigenvalue weighted by Gasteiger charge is 2.05. The van der Waals surface area contributed by atoms with Crippen LogP contribution in [-0.2, 0) is 0 Å². The molecule has 3 aromatic rings. The van der Waals surface area contributed by atoms with Gasteiger partial charge >= 0.3 is 0 Å². The van der Waals surface area contributed by atoms with Crippen molar-refractivity contribution in [3.05, 3.63) is 24.5 Å². The maximum absolute atomic E-state index is 4.29. The van der Waals surface area contributed by atoms with Crippen LogP contribution in [0.2, 0.25) is 0 Å². The second-order valence-electron chi connectivity index (χ2n) is 2.68. The van der Waals surface area contributed by atoms with E-state index >= 15 is 0 Å². The van der Waals surface area contributed by atoms with E-state index in [2.05, 4.69) is 30.7 Å². The quantitative estimate of drug-likeness (QED) is 0.575. The zero-order chi connectivity index (χ0) is 9.38. The second-order valence-corrected chi connectivity index (χ2v) is 2.68. The molecular formula is C7H5N7. The molecule has 0 aromatic carbocycles. The Morgan fingerprint density at radius 2 is 2.29 bits per heavy atom. The fourth-order valence-electron chi connectivity index (χ4n) is 1.21. The zero-order valence-corrected chi connectivity index (χ0v) is 6.99. The van der Waals surface area contributed by atoms with Crippen molar-refractivity contribution in [1.29, 1.82) is 0 Å². The number of H-pyrrole nitrogens is 1. The van der Waals surface area contributed by atoms with Gasteiger partial charge in [0.05, 0.1) is 6.20 Å². The van der Waals surface area contributed by atoms with Crippen molar-refractivity contribution in [3.8, 4) is 11.5 Å². The van der Waals surface area contributed by atoms with Gasteiger partial charge in [0, 0.05) is 12.3 Å². The topological polar surface area (TPSA) is 84.6 Å². The third kappa shape index (κ3) is 0.954. The fourth-order valence-corrected chi connectivity index (χ4v) is 1.21. The molecule has 14 heavy (non-hydrogen) atoms. The van der Waals surface area contributed by atoms with E-state index in [-0.39, 0.29) is 0 Å². The summed E-state index contributed by atoms with van der Waals surface area (Å²) in [5, 5.41) is 17.6. The first kappa shape index (κ1) is 7.13. The van der Waals surface area contributed by atoms with Crippen LogP contribution in [0.25, 0.3) is 17.2 Å². The van der Waals surface area contributed by atoms with Crippen LogP contribution in [0.5, 0.6) is 0 Å². The number of hydrogen-bond acceptors (Lipinski definition) is 5. The van der Waals surface area contributed by atoms with Crippen LogP contribution in [-0.4, -0.2) is 35.2 Å². The summed E-state index contributed by atoms with van der Waals surface area (Å²) in [5.41, 5.74) is 1.43. The Balaban J connectivity index is 2.23. The first-order valence-electron chi connectivity index (χ1n) is 3.98. The average molecular weight is 187 g/mol. The van der Waals surface area contributed by atoms with Gasteiger partial charge in [0.15, 0.2) is 5.65 Å². The van der Waals surface area contributed by atoms with Crippen molar-refractivity contribution < 1.29 is 0 Å². The molecule has 7 heteroatoms. The van der Waals surface area contributed by atoms with E-state index in [1.165, 1.54) is 0 Å². The maximum atomic E-state index is 4.29. The molecule has 0 aliphatic heterocycles. The van der Waals surface area contributed by atoms with Gasteiger partial charge in [-0.15, -0.1) is 10.2 Å². The van der Waals surface area contributed by atoms with E-state index < -0.39 is 0 Å². The van der Waals surface area contributed by atoms with E-state index in [0.29, 0.717) is 11.5 Å². The summed E-state index contributed by atoms with van der Waals surface area (Å²) in [4.78, 5) is 4.29. The highest BCUT2D eigenvalue weighted by atomic mass is 15.5. The highest BCUT2D eigenvalue weighted by molar-refractivity contribution is 5.52. The van der Waals surface area contributed by atoms with Gasteiger partial charge in [0.25, 0.3) is 0 Å². The van der Waals surface area contributed by atoms with Gasteiger partial charge in [0.1, 0.15) is 5.69 Å². The van der Waals surface area contributed by atoms with Crippen LogP contribution in [0.15, 0.2) is 24.5 Å². The largest absolute Gasteiger partial charge is 0.225 e. The lowest BCUT2D eigenvalue weighted by Gasteiger charge is -1.94. The van der Waals surface area contributed by atoms with Crippen LogP contribution < -0.4 is 0 Å². The lowest BCUT2D eigenvalue weighted by molar-refractivity contribution is 0.881. The minimum Gasteiger partial charge on any atom is -0.225 e. The summed E-state index contributed by atoms with van der Waals surface area (Å²) in [7, 11) is 0. The molecule has 0 spiro atoms. The van der Waals surface area contributed by atoms with Crippen molar-refractivity contribution in [3.63, 3.8) is 0 Å². The SMILES string of the molecule is c1cc2nc(-c3nn[nH]n3)ccn2n1. The van der Waals surface area contributed by atoms with Crippen molar-refractivity contribution in [2.24, 2.45) is 0 Å². The van der Waals surface area contributed by atoms with Gasteiger partial charge in [-0.2, -0.15) is 10.3 Å². The van der Waals surface area contributed by atoms with Gasteiger partial charge in [-0.1, -0.05) is 0 Å². The average Bonchev–Trinajstić information content (AvgIpc) is 2.88. The molecule has 0 saturated carbocycles. The van der Waals surface area contributed by atoms with Gasteiger partial charge in [0.2, 0.25) is 5.82 Å². The molecule has 0 radical (unpaired) electrons. The third-order valence-corrected chi connectivity index (χ3v) is 1.83. The first-order valence-corrected chi connectivity index (χ1v) is 3.98. The number of aromatic nitrogens is 7. The molecule has 0 aliphatic rings. The number of aromatic amines is 1. The summed E-state index contributed by atoms with van der Waals surface area (Å²) in [6.45, 7) is 0. The molecule has 3 rings (SSSR count). The smallest absolute Gasteiger partial charge is 0.223 e. The van der Waals surface area contributed by atoms with E-state index in [1.807, 2.05) is 6.07 Å². The number of nitrogens with one attached hydrogen (secondary N) is 1. The zero-order valence-electron chi connectivity index (χ0n) is 6.99. The third-order valence-electron chi connectivity index (χ3n) is 1.83. The van der Waals surface area contributed by atoms with Crippen LogP contribution >= 0.6 is 0 Å². The van der Waals surface area contributed by atoms with Gasteiger partial charge < -0.3 is 0 Å². The van der Waals surface area contributed by atoms with Crippen molar-refractivity contribution in [2.45, 2.75) is 0 Å². The second kappa shape index (κ2) is 2.59. The van der Waals surface area contributed by atoms with E-state index in [0.717, 1.165) is 5.65 Å². The summed E-state index contributed by atoms with van der Waals surface area (Å²) >= 11 is 0. The summed E-state index contributed by atoms with van der Waals surface area (Å²) < 4.78 is 1.67. The van der Waals surface area contributed by atoms with Crippen LogP contribution in [0.1, 0.15) is 0 Å². The van der Waals surface area contributed by atoms with Crippen molar-refractivity contribution in [2.75, 3.05) is 0 Å². The molecule has 0 aliphatic carbocycles. The van der Waals surface area contributed by atoms with Crippen molar-refractivity contribution >= 4 is 5.65 Å². The summed E-state index contributed by atoms with van der Waals surface area (Å²) in [6.07, 6.45) is 3.48. The van der Waals surface area contributed by atoms with Gasteiger partial charge in [-0.05, 0) is 11.3 Å². The fraction of sp³-hybridized carbons (Fsp3) is 0. The van der Waals surface area contributed by atoms with Crippen LogP contribution in [0, 0.1) is 0 Å². The van der Waals surface area contributed by atoms with Gasteiger partial charge in [-0.25, -0.2) is 9.50 Å². The Hall–Kier alpha value is -2.31. The maximum Gasteiger partial charge on any atom is 0.223 e. The van der Waals surface area contributed by atoms with Gasteiger partial charge in [-0.3, -0.25) is 0 Å². The molecule has 68 valence electrons. The molecule has 0 amide bonds. The number of rotatable bonds is 1. The van der Waals surface area contributed by atoms with Crippen LogP contribution in [0.4, 0.5) is 0 Å². The number of fused-ring (bicyclic) bond motifs is 1. The Kier molecular flexibility index (Phi) is 1.32. The monoisotopic (exact) mass is 187 g/mol. The molecule has 3 aromatic heterocycles. The first-order chi connectivity index (χ1) is 6.93. The van der Waals surface area contributed by atoms with E-state index in [9.17, 15) is 0 Å². The number of nitrogens with zero attached hydrogens (tertiary/aromatic N) is 6. The Labute approximate surface area is 77.8 Å². The minimum absolute atomic E-state index is 0.480. The molecule has 0 unspecified atom stereocenters. The highest BCUT2D eigenvalue weighted by Crippen LogP contribution is 2.10. The molecule has 3 heterocycles. The molecule has 0 saturated heterocycles. The molecule has 1 N–H and O–H groups in total. The normalized spacial score (nSPS) is 10.9. The minimum atomic E-state index is 0.480. The van der Waals surface area contributed by atoms with Crippen LogP contribution in [0.3, 0.4) is 0 Å². The lowest BCUT2D eigenvalue weighted by atomic mass is 10.4. The summed E-state index contributed by atoms with van der Waals surface area (Å²) in [5.74, 6) is 0.480. The molecule has 0 fully saturated rings. The van der Waals surface area contributed by atoms with E-state index in [4.69, 9.17) is 0 Å². The molecule has 0 bridgehead atoms. The summed E-state index contributed by atoms with van der Waals surface area (Å²) in [6, 6.07) is 3.59. The molecule has 0 atom stereocenters. The van der Waals surface area contributed by atoms with Crippen molar-refractivity contribution in [1.82, 2.24) is 35.2 Å². The molecular weight excluding hydrogens is 182 g/mol. The Bertz CT molecular complexity index is 552. The number of tetrazole rings is 1. The Morgan fingerprint density at radius 3 is 3.14 bits per heavy atom. The number of hydrogen-bond donors (Lipinski definition) is 1. The lowest BCUT2D eigenvalue weighted by Crippen LogP contribution is -1.92. The predicted octanol–water partition coefficient (Wildman–Crippen LogP) is -0.0906. The standard InChI is InChI=1S/C7H5N7/c1-3-8-14-4-2-5(9-6(1)14)7-10-12-13-11-7/h1-4H,(H,10,11,12,13). The predicted molar refractivity (Wildman–Crippen MR) is 46.2 cm³/mol.